The van der Waals surface area contributed by atoms with Crippen molar-refractivity contribution in [3.63, 3.8) is 0 Å². The van der Waals surface area contributed by atoms with Crippen molar-refractivity contribution in [1.29, 1.82) is 0 Å². The molecule has 1 unspecified atom stereocenters. The standard InChI is InChI=1S/C10H18N2/c1-4-6-10(5-2)12-8-7-9(3)11-12/h7-8,10H,4-6H2,1-3H3. The van der Waals surface area contributed by atoms with E-state index in [1.54, 1.807) is 0 Å². The molecule has 1 atom stereocenters. The first-order valence-electron chi connectivity index (χ1n) is 4.79. The first kappa shape index (κ1) is 9.30. The molecule has 0 radical (unpaired) electrons. The summed E-state index contributed by atoms with van der Waals surface area (Å²) in [6, 6.07) is 2.67. The van der Waals surface area contributed by atoms with Crippen molar-refractivity contribution >= 4 is 0 Å². The van der Waals surface area contributed by atoms with E-state index in [-0.39, 0.29) is 0 Å². The molecule has 0 N–H and O–H groups in total. The maximum Gasteiger partial charge on any atom is 0.0593 e. The summed E-state index contributed by atoms with van der Waals surface area (Å²) in [6.45, 7) is 6.48. The molecule has 0 saturated carbocycles. The fraction of sp³-hybridized carbons (Fsp3) is 0.700. The third-order valence-electron chi connectivity index (χ3n) is 2.21. The Bertz CT molecular complexity index is 227. The maximum absolute atomic E-state index is 4.42. The molecule has 1 aromatic rings. The maximum atomic E-state index is 4.42. The number of aromatic nitrogens is 2. The Hall–Kier alpha value is -0.790. The van der Waals surface area contributed by atoms with Crippen LogP contribution in [0.4, 0.5) is 0 Å². The predicted octanol–water partition coefficient (Wildman–Crippen LogP) is 2.94. The number of rotatable bonds is 4. The van der Waals surface area contributed by atoms with Gasteiger partial charge in [0, 0.05) is 6.20 Å². The van der Waals surface area contributed by atoms with E-state index < -0.39 is 0 Å². The average molecular weight is 166 g/mol. The van der Waals surface area contributed by atoms with E-state index in [1.807, 2.05) is 6.92 Å². The van der Waals surface area contributed by atoms with E-state index in [0.29, 0.717) is 6.04 Å². The van der Waals surface area contributed by atoms with Gasteiger partial charge in [0.05, 0.1) is 11.7 Å². The minimum Gasteiger partial charge on any atom is -0.269 e. The van der Waals surface area contributed by atoms with Gasteiger partial charge in [0.15, 0.2) is 0 Å². The fourth-order valence-corrected chi connectivity index (χ4v) is 1.49. The molecule has 0 fully saturated rings. The molecule has 68 valence electrons. The van der Waals surface area contributed by atoms with Gasteiger partial charge in [-0.2, -0.15) is 5.10 Å². The van der Waals surface area contributed by atoms with Crippen LogP contribution in [0.2, 0.25) is 0 Å². The van der Waals surface area contributed by atoms with Crippen LogP contribution in [0.25, 0.3) is 0 Å². The summed E-state index contributed by atoms with van der Waals surface area (Å²) in [5.74, 6) is 0. The first-order valence-corrected chi connectivity index (χ1v) is 4.79. The molecule has 2 heteroatoms. The van der Waals surface area contributed by atoms with Gasteiger partial charge in [-0.25, -0.2) is 0 Å². The van der Waals surface area contributed by atoms with Crippen molar-refractivity contribution in [2.75, 3.05) is 0 Å². The quantitative estimate of drug-likeness (QED) is 0.672. The summed E-state index contributed by atoms with van der Waals surface area (Å²) < 4.78 is 2.10. The molecule has 0 aliphatic rings. The minimum absolute atomic E-state index is 0.601. The van der Waals surface area contributed by atoms with E-state index in [2.05, 4.69) is 35.9 Å². The highest BCUT2D eigenvalue weighted by Gasteiger charge is 2.07. The van der Waals surface area contributed by atoms with E-state index in [0.717, 1.165) is 5.69 Å². The summed E-state index contributed by atoms with van der Waals surface area (Å²) >= 11 is 0. The largest absolute Gasteiger partial charge is 0.269 e. The first-order chi connectivity index (χ1) is 5.77. The van der Waals surface area contributed by atoms with Crippen LogP contribution in [0, 0.1) is 6.92 Å². The van der Waals surface area contributed by atoms with Crippen LogP contribution >= 0.6 is 0 Å². The Kier molecular flexibility index (Phi) is 3.32. The SMILES string of the molecule is CCCC(CC)n1ccc(C)n1. The van der Waals surface area contributed by atoms with Crippen LogP contribution < -0.4 is 0 Å². The molecule has 1 rings (SSSR count). The molecular formula is C10H18N2. The van der Waals surface area contributed by atoms with Gasteiger partial charge < -0.3 is 0 Å². The number of hydrogen-bond donors (Lipinski definition) is 0. The molecule has 1 aromatic heterocycles. The van der Waals surface area contributed by atoms with Crippen molar-refractivity contribution in [2.45, 2.75) is 46.1 Å². The van der Waals surface area contributed by atoms with Crippen LogP contribution in [0.3, 0.4) is 0 Å². The van der Waals surface area contributed by atoms with E-state index in [1.165, 1.54) is 19.3 Å². The lowest BCUT2D eigenvalue weighted by atomic mass is 10.1. The van der Waals surface area contributed by atoms with Crippen LogP contribution in [0.5, 0.6) is 0 Å². The van der Waals surface area contributed by atoms with E-state index in [9.17, 15) is 0 Å². The van der Waals surface area contributed by atoms with Gasteiger partial charge in [-0.3, -0.25) is 4.68 Å². The second-order valence-electron chi connectivity index (χ2n) is 3.29. The average Bonchev–Trinajstić information content (AvgIpc) is 2.47. The van der Waals surface area contributed by atoms with Gasteiger partial charge in [0.1, 0.15) is 0 Å². The van der Waals surface area contributed by atoms with Crippen molar-refractivity contribution in [1.82, 2.24) is 9.78 Å². The fourth-order valence-electron chi connectivity index (χ4n) is 1.49. The van der Waals surface area contributed by atoms with E-state index >= 15 is 0 Å². The molecule has 0 aliphatic carbocycles. The van der Waals surface area contributed by atoms with Crippen LogP contribution in [-0.2, 0) is 0 Å². The Morgan fingerprint density at radius 1 is 1.50 bits per heavy atom. The van der Waals surface area contributed by atoms with Crippen molar-refractivity contribution < 1.29 is 0 Å². The lowest BCUT2D eigenvalue weighted by molar-refractivity contribution is 0.407. The number of aryl methyl sites for hydroxylation is 1. The lowest BCUT2D eigenvalue weighted by Crippen LogP contribution is -2.08. The molecule has 0 amide bonds. The zero-order chi connectivity index (χ0) is 8.97. The van der Waals surface area contributed by atoms with Crippen molar-refractivity contribution in [3.8, 4) is 0 Å². The van der Waals surface area contributed by atoms with Crippen LogP contribution in [0.1, 0.15) is 44.8 Å². The van der Waals surface area contributed by atoms with Crippen LogP contribution in [-0.4, -0.2) is 9.78 Å². The molecule has 1 heterocycles. The van der Waals surface area contributed by atoms with Gasteiger partial charge in [0.25, 0.3) is 0 Å². The molecule has 0 bridgehead atoms. The Balaban J connectivity index is 2.66. The number of nitrogens with zero attached hydrogens (tertiary/aromatic N) is 2. The van der Waals surface area contributed by atoms with Gasteiger partial charge in [-0.15, -0.1) is 0 Å². The number of hydrogen-bond acceptors (Lipinski definition) is 1. The van der Waals surface area contributed by atoms with Gasteiger partial charge >= 0.3 is 0 Å². The summed E-state index contributed by atoms with van der Waals surface area (Å²) in [7, 11) is 0. The van der Waals surface area contributed by atoms with Crippen molar-refractivity contribution in [2.24, 2.45) is 0 Å². The molecule has 2 nitrogen and oxygen atoms in total. The predicted molar refractivity (Wildman–Crippen MR) is 51.2 cm³/mol. The molecular weight excluding hydrogens is 148 g/mol. The molecule has 0 aliphatic heterocycles. The summed E-state index contributed by atoms with van der Waals surface area (Å²) in [6.07, 6.45) is 5.73. The normalized spacial score (nSPS) is 13.2. The monoisotopic (exact) mass is 166 g/mol. The molecule has 0 saturated heterocycles. The Morgan fingerprint density at radius 3 is 2.67 bits per heavy atom. The smallest absolute Gasteiger partial charge is 0.0593 e. The zero-order valence-corrected chi connectivity index (χ0v) is 8.25. The second-order valence-corrected chi connectivity index (χ2v) is 3.29. The Morgan fingerprint density at radius 2 is 2.25 bits per heavy atom. The van der Waals surface area contributed by atoms with Crippen LogP contribution in [0.15, 0.2) is 12.3 Å². The van der Waals surface area contributed by atoms with Gasteiger partial charge in [-0.1, -0.05) is 20.3 Å². The van der Waals surface area contributed by atoms with Crippen molar-refractivity contribution in [3.05, 3.63) is 18.0 Å². The summed E-state index contributed by atoms with van der Waals surface area (Å²) in [5.41, 5.74) is 1.12. The third kappa shape index (κ3) is 2.10. The highest BCUT2D eigenvalue weighted by atomic mass is 15.3. The second kappa shape index (κ2) is 4.29. The Labute approximate surface area is 74.6 Å². The van der Waals surface area contributed by atoms with E-state index in [4.69, 9.17) is 0 Å². The molecule has 0 spiro atoms. The highest BCUT2D eigenvalue weighted by molar-refractivity contribution is 4.95. The topological polar surface area (TPSA) is 17.8 Å². The lowest BCUT2D eigenvalue weighted by Gasteiger charge is -2.13. The summed E-state index contributed by atoms with van der Waals surface area (Å²) in [4.78, 5) is 0. The van der Waals surface area contributed by atoms with Gasteiger partial charge in [-0.05, 0) is 25.8 Å². The third-order valence-corrected chi connectivity index (χ3v) is 2.21. The zero-order valence-electron chi connectivity index (χ0n) is 8.25. The minimum atomic E-state index is 0.601. The molecule has 12 heavy (non-hydrogen) atoms. The summed E-state index contributed by atoms with van der Waals surface area (Å²) in [5, 5.41) is 4.42. The molecule has 0 aromatic carbocycles. The highest BCUT2D eigenvalue weighted by Crippen LogP contribution is 2.16. The van der Waals surface area contributed by atoms with Gasteiger partial charge in [0.2, 0.25) is 0 Å².